The van der Waals surface area contributed by atoms with Gasteiger partial charge in [-0.1, -0.05) is 23.4 Å². The molecule has 4 nitrogen and oxygen atoms in total. The Morgan fingerprint density at radius 2 is 2.36 bits per heavy atom. The van der Waals surface area contributed by atoms with E-state index in [-0.39, 0.29) is 11.6 Å². The summed E-state index contributed by atoms with van der Waals surface area (Å²) in [5.41, 5.74) is 11.4. The van der Waals surface area contributed by atoms with Crippen molar-refractivity contribution in [3.05, 3.63) is 23.0 Å². The van der Waals surface area contributed by atoms with Crippen LogP contribution in [0.15, 0.2) is 12.3 Å². The fraction of sp³-hybridized carbons (Fsp3) is 0.111. The van der Waals surface area contributed by atoms with E-state index in [4.69, 9.17) is 23.1 Å². The molecule has 0 aliphatic carbocycles. The molecule has 0 fully saturated rings. The highest BCUT2D eigenvalue weighted by Crippen LogP contribution is 2.15. The second-order valence-electron chi connectivity index (χ2n) is 2.55. The average Bonchev–Trinajstić information content (AvgIpc) is 2.10. The zero-order chi connectivity index (χ0) is 10.6. The summed E-state index contributed by atoms with van der Waals surface area (Å²) in [5, 5.41) is 0.241. The van der Waals surface area contributed by atoms with E-state index in [2.05, 4.69) is 16.8 Å². The van der Waals surface area contributed by atoms with Gasteiger partial charge in [0.05, 0.1) is 12.1 Å². The molecule has 0 radical (unpaired) electrons. The molecule has 0 aromatic carbocycles. The van der Waals surface area contributed by atoms with Crippen molar-refractivity contribution in [2.75, 3.05) is 5.73 Å². The molecule has 0 unspecified atom stereocenters. The van der Waals surface area contributed by atoms with Gasteiger partial charge in [-0.25, -0.2) is 4.98 Å². The zero-order valence-corrected chi connectivity index (χ0v) is 8.01. The summed E-state index contributed by atoms with van der Waals surface area (Å²) in [7, 11) is 0. The smallest absolute Gasteiger partial charge is 0.229 e. The standard InChI is InChI=1S/C9H8ClN3O/c10-9-7(11)4-6(5-13-9)2-1-3-8(12)14/h4-5H,3,11H2,(H2,12,14). The van der Waals surface area contributed by atoms with Crippen molar-refractivity contribution in [1.82, 2.24) is 4.98 Å². The number of carbonyl (C=O) groups excluding carboxylic acids is 1. The van der Waals surface area contributed by atoms with Crippen molar-refractivity contribution in [2.24, 2.45) is 5.73 Å². The first kappa shape index (κ1) is 10.4. The number of aromatic nitrogens is 1. The molecule has 1 aromatic heterocycles. The van der Waals surface area contributed by atoms with Crippen LogP contribution in [0.1, 0.15) is 12.0 Å². The lowest BCUT2D eigenvalue weighted by molar-refractivity contribution is -0.117. The molecule has 1 aromatic rings. The summed E-state index contributed by atoms with van der Waals surface area (Å²) in [5.74, 6) is 4.81. The highest BCUT2D eigenvalue weighted by Gasteiger charge is 1.96. The molecule has 1 heterocycles. The first-order chi connectivity index (χ1) is 6.59. The maximum absolute atomic E-state index is 10.4. The van der Waals surface area contributed by atoms with Crippen LogP contribution in [0.2, 0.25) is 5.15 Å². The molecule has 14 heavy (non-hydrogen) atoms. The Bertz CT molecular complexity index is 420. The Labute approximate surface area is 86.3 Å². The minimum absolute atomic E-state index is 0.0164. The number of anilines is 1. The largest absolute Gasteiger partial charge is 0.396 e. The molecule has 0 bridgehead atoms. The lowest BCUT2D eigenvalue weighted by Crippen LogP contribution is -2.08. The summed E-state index contributed by atoms with van der Waals surface area (Å²) in [6, 6.07) is 1.59. The summed E-state index contributed by atoms with van der Waals surface area (Å²) >= 11 is 5.61. The quantitative estimate of drug-likeness (QED) is 0.523. The van der Waals surface area contributed by atoms with E-state index in [1.54, 1.807) is 6.07 Å². The molecule has 0 spiro atoms. The number of hydrogen-bond acceptors (Lipinski definition) is 3. The summed E-state index contributed by atoms with van der Waals surface area (Å²) < 4.78 is 0. The Morgan fingerprint density at radius 1 is 1.64 bits per heavy atom. The number of nitrogens with two attached hydrogens (primary N) is 2. The normalized spacial score (nSPS) is 8.93. The minimum Gasteiger partial charge on any atom is -0.396 e. The third-order valence-electron chi connectivity index (χ3n) is 1.36. The van der Waals surface area contributed by atoms with Crippen molar-refractivity contribution in [2.45, 2.75) is 6.42 Å². The van der Waals surface area contributed by atoms with Crippen molar-refractivity contribution in [1.29, 1.82) is 0 Å². The number of pyridine rings is 1. The fourth-order valence-corrected chi connectivity index (χ4v) is 0.870. The van der Waals surface area contributed by atoms with Crippen molar-refractivity contribution >= 4 is 23.2 Å². The molecule has 0 aliphatic rings. The van der Waals surface area contributed by atoms with Crippen LogP contribution in [0.3, 0.4) is 0 Å². The van der Waals surface area contributed by atoms with Gasteiger partial charge < -0.3 is 11.5 Å². The highest BCUT2D eigenvalue weighted by atomic mass is 35.5. The van der Waals surface area contributed by atoms with Crippen LogP contribution in [-0.4, -0.2) is 10.9 Å². The lowest BCUT2D eigenvalue weighted by Gasteiger charge is -1.95. The Hall–Kier alpha value is -1.73. The number of nitrogen functional groups attached to an aromatic ring is 1. The van der Waals surface area contributed by atoms with Crippen molar-refractivity contribution < 1.29 is 4.79 Å². The van der Waals surface area contributed by atoms with Gasteiger partial charge in [0.15, 0.2) is 5.15 Å². The molecule has 0 saturated heterocycles. The molecule has 72 valence electrons. The first-order valence-corrected chi connectivity index (χ1v) is 4.15. The average molecular weight is 210 g/mol. The van der Waals surface area contributed by atoms with Gasteiger partial charge in [0, 0.05) is 11.8 Å². The first-order valence-electron chi connectivity index (χ1n) is 3.78. The number of halogens is 1. The second-order valence-corrected chi connectivity index (χ2v) is 2.91. The van der Waals surface area contributed by atoms with E-state index in [0.717, 1.165) is 0 Å². The summed E-state index contributed by atoms with van der Waals surface area (Å²) in [6.07, 6.45) is 1.50. The van der Waals surface area contributed by atoms with Crippen LogP contribution in [0.5, 0.6) is 0 Å². The van der Waals surface area contributed by atoms with Crippen LogP contribution in [-0.2, 0) is 4.79 Å². The van der Waals surface area contributed by atoms with Gasteiger partial charge in [0.1, 0.15) is 0 Å². The highest BCUT2D eigenvalue weighted by molar-refractivity contribution is 6.31. The molecule has 0 atom stereocenters. The van der Waals surface area contributed by atoms with E-state index in [0.29, 0.717) is 11.3 Å². The van der Waals surface area contributed by atoms with E-state index < -0.39 is 5.91 Å². The van der Waals surface area contributed by atoms with Crippen LogP contribution in [0.4, 0.5) is 5.69 Å². The van der Waals surface area contributed by atoms with E-state index in [1.807, 2.05) is 0 Å². The monoisotopic (exact) mass is 209 g/mol. The second kappa shape index (κ2) is 4.49. The van der Waals surface area contributed by atoms with Crippen LogP contribution in [0, 0.1) is 11.8 Å². The molecule has 0 aliphatic heterocycles. The van der Waals surface area contributed by atoms with Gasteiger partial charge in [-0.15, -0.1) is 0 Å². The van der Waals surface area contributed by atoms with Crippen LogP contribution < -0.4 is 11.5 Å². The number of nitrogens with zero attached hydrogens (tertiary/aromatic N) is 1. The zero-order valence-electron chi connectivity index (χ0n) is 7.25. The Balaban J connectivity index is 2.81. The van der Waals surface area contributed by atoms with Gasteiger partial charge in [-0.3, -0.25) is 4.79 Å². The lowest BCUT2D eigenvalue weighted by atomic mass is 10.2. The molecule has 5 heteroatoms. The Kier molecular flexibility index (Phi) is 3.32. The predicted octanol–water partition coefficient (Wildman–Crippen LogP) is 0.544. The van der Waals surface area contributed by atoms with Crippen LogP contribution >= 0.6 is 11.6 Å². The minimum atomic E-state index is -0.465. The number of hydrogen-bond donors (Lipinski definition) is 2. The van der Waals surface area contributed by atoms with Crippen molar-refractivity contribution in [3.8, 4) is 11.8 Å². The predicted molar refractivity (Wildman–Crippen MR) is 54.3 cm³/mol. The molecule has 0 saturated carbocycles. The third-order valence-corrected chi connectivity index (χ3v) is 1.68. The van der Waals surface area contributed by atoms with Gasteiger partial charge in [0.2, 0.25) is 5.91 Å². The van der Waals surface area contributed by atoms with Gasteiger partial charge in [-0.2, -0.15) is 0 Å². The maximum atomic E-state index is 10.4. The molecule has 4 N–H and O–H groups in total. The van der Waals surface area contributed by atoms with Gasteiger partial charge in [0.25, 0.3) is 0 Å². The topological polar surface area (TPSA) is 82.0 Å². The van der Waals surface area contributed by atoms with Gasteiger partial charge >= 0.3 is 0 Å². The molecule has 1 rings (SSSR count). The number of amides is 1. The molecular formula is C9H8ClN3O. The third kappa shape index (κ3) is 2.96. The number of primary amides is 1. The number of carbonyl (C=O) groups is 1. The SMILES string of the molecule is NC(=O)CC#Cc1cnc(Cl)c(N)c1. The van der Waals surface area contributed by atoms with Crippen LogP contribution in [0.25, 0.3) is 0 Å². The van der Waals surface area contributed by atoms with Crippen molar-refractivity contribution in [3.63, 3.8) is 0 Å². The van der Waals surface area contributed by atoms with E-state index in [9.17, 15) is 4.79 Å². The number of rotatable bonds is 1. The maximum Gasteiger partial charge on any atom is 0.229 e. The summed E-state index contributed by atoms with van der Waals surface area (Å²) in [4.78, 5) is 14.2. The summed E-state index contributed by atoms with van der Waals surface area (Å²) in [6.45, 7) is 0. The fourth-order valence-electron chi connectivity index (χ4n) is 0.767. The molecular weight excluding hydrogens is 202 g/mol. The van der Waals surface area contributed by atoms with E-state index >= 15 is 0 Å². The Morgan fingerprint density at radius 3 is 2.93 bits per heavy atom. The van der Waals surface area contributed by atoms with Gasteiger partial charge in [-0.05, 0) is 6.07 Å². The van der Waals surface area contributed by atoms with E-state index in [1.165, 1.54) is 6.20 Å². The molecule has 1 amide bonds.